The molecule has 5 nitrogen and oxygen atoms in total. The van der Waals surface area contributed by atoms with Crippen molar-refractivity contribution in [3.05, 3.63) is 35.9 Å². The molecule has 0 aromatic heterocycles. The summed E-state index contributed by atoms with van der Waals surface area (Å²) in [5.41, 5.74) is 0.986. The van der Waals surface area contributed by atoms with E-state index in [-0.39, 0.29) is 5.91 Å². The summed E-state index contributed by atoms with van der Waals surface area (Å²) in [5.74, 6) is -0.0778. The van der Waals surface area contributed by atoms with Crippen molar-refractivity contribution >= 4 is 23.8 Å². The lowest BCUT2D eigenvalue weighted by Gasteiger charge is -2.19. The molecule has 0 aliphatic carbocycles. The Morgan fingerprint density at radius 2 is 1.71 bits per heavy atom. The fourth-order valence-corrected chi connectivity index (χ4v) is 1.42. The molecule has 0 saturated carbocycles. The van der Waals surface area contributed by atoms with E-state index >= 15 is 0 Å². The van der Waals surface area contributed by atoms with E-state index in [0.29, 0.717) is 5.69 Å². The van der Waals surface area contributed by atoms with Gasteiger partial charge in [-0.15, -0.1) is 0 Å². The fourth-order valence-electron chi connectivity index (χ4n) is 1.42. The van der Waals surface area contributed by atoms with Crippen LogP contribution in [-0.4, -0.2) is 36.6 Å². The van der Waals surface area contributed by atoms with E-state index in [2.05, 4.69) is 5.32 Å². The number of carbonyl (C=O) groups is 2. The Balaban J connectivity index is 2.62. The van der Waals surface area contributed by atoms with Crippen LogP contribution in [0.2, 0.25) is 0 Å². The molecule has 0 aliphatic rings. The van der Waals surface area contributed by atoms with Gasteiger partial charge in [-0.1, -0.05) is 12.1 Å². The summed E-state index contributed by atoms with van der Waals surface area (Å²) in [4.78, 5) is 24.5. The molecule has 0 spiro atoms. The van der Waals surface area contributed by atoms with Crippen LogP contribution in [0.25, 0.3) is 6.08 Å². The third-order valence-electron chi connectivity index (χ3n) is 2.42. The van der Waals surface area contributed by atoms with Crippen LogP contribution in [0.4, 0.5) is 10.5 Å². The van der Waals surface area contributed by atoms with E-state index < -0.39 is 11.7 Å². The van der Waals surface area contributed by atoms with Crippen LogP contribution in [0, 0.1) is 0 Å². The Labute approximate surface area is 125 Å². The Hall–Kier alpha value is -2.30. The number of amides is 2. The molecule has 114 valence electrons. The number of hydrogen-bond acceptors (Lipinski definition) is 3. The molecule has 1 aromatic rings. The fraction of sp³-hybridized carbons (Fsp3) is 0.375. The summed E-state index contributed by atoms with van der Waals surface area (Å²) in [5, 5.41) is 2.65. The van der Waals surface area contributed by atoms with E-state index in [4.69, 9.17) is 4.74 Å². The molecular formula is C16H22N2O3. The number of rotatable bonds is 3. The Morgan fingerprint density at radius 1 is 1.14 bits per heavy atom. The van der Waals surface area contributed by atoms with Crippen LogP contribution < -0.4 is 5.32 Å². The molecule has 0 heterocycles. The maximum absolute atomic E-state index is 11.6. The van der Waals surface area contributed by atoms with Crippen molar-refractivity contribution in [2.75, 3.05) is 19.4 Å². The average molecular weight is 290 g/mol. The smallest absolute Gasteiger partial charge is 0.412 e. The van der Waals surface area contributed by atoms with Crippen LogP contribution in [-0.2, 0) is 9.53 Å². The van der Waals surface area contributed by atoms with Crippen molar-refractivity contribution in [2.24, 2.45) is 0 Å². The summed E-state index contributed by atoms with van der Waals surface area (Å²) in [6.45, 7) is 5.42. The highest BCUT2D eigenvalue weighted by atomic mass is 16.6. The van der Waals surface area contributed by atoms with Crippen LogP contribution in [0.15, 0.2) is 30.3 Å². The molecule has 0 fully saturated rings. The minimum atomic E-state index is -0.528. The van der Waals surface area contributed by atoms with E-state index in [9.17, 15) is 9.59 Å². The largest absolute Gasteiger partial charge is 0.444 e. The molecule has 21 heavy (non-hydrogen) atoms. The van der Waals surface area contributed by atoms with Crippen molar-refractivity contribution in [1.29, 1.82) is 0 Å². The molecule has 0 radical (unpaired) electrons. The van der Waals surface area contributed by atoms with Gasteiger partial charge in [0.1, 0.15) is 5.60 Å². The van der Waals surface area contributed by atoms with Gasteiger partial charge in [0, 0.05) is 25.9 Å². The number of ether oxygens (including phenoxy) is 1. The maximum atomic E-state index is 11.6. The first-order chi connectivity index (χ1) is 9.67. The Bertz CT molecular complexity index is 525. The van der Waals surface area contributed by atoms with Gasteiger partial charge in [0.15, 0.2) is 0 Å². The molecule has 1 aromatic carbocycles. The number of carbonyl (C=O) groups excluding carboxylic acids is 2. The number of nitrogens with one attached hydrogen (secondary N) is 1. The van der Waals surface area contributed by atoms with E-state index in [0.717, 1.165) is 5.56 Å². The maximum Gasteiger partial charge on any atom is 0.412 e. The van der Waals surface area contributed by atoms with Crippen molar-refractivity contribution in [2.45, 2.75) is 26.4 Å². The lowest BCUT2D eigenvalue weighted by Crippen LogP contribution is -2.27. The molecule has 5 heteroatoms. The van der Waals surface area contributed by atoms with Crippen molar-refractivity contribution in [3.63, 3.8) is 0 Å². The molecule has 0 saturated heterocycles. The number of anilines is 1. The highest BCUT2D eigenvalue weighted by Gasteiger charge is 2.15. The van der Waals surface area contributed by atoms with Gasteiger partial charge in [-0.2, -0.15) is 0 Å². The van der Waals surface area contributed by atoms with Crippen LogP contribution >= 0.6 is 0 Å². The van der Waals surface area contributed by atoms with Crippen LogP contribution in [0.3, 0.4) is 0 Å². The van der Waals surface area contributed by atoms with Gasteiger partial charge in [0.25, 0.3) is 0 Å². The lowest BCUT2D eigenvalue weighted by atomic mass is 10.2. The zero-order valence-electron chi connectivity index (χ0n) is 13.1. The molecular weight excluding hydrogens is 268 g/mol. The van der Waals surface area contributed by atoms with Crippen molar-refractivity contribution < 1.29 is 14.3 Å². The summed E-state index contributed by atoms with van der Waals surface area (Å²) >= 11 is 0. The highest BCUT2D eigenvalue weighted by molar-refractivity contribution is 5.91. The predicted molar refractivity (Wildman–Crippen MR) is 84.0 cm³/mol. The van der Waals surface area contributed by atoms with Crippen LogP contribution in [0.1, 0.15) is 26.3 Å². The van der Waals surface area contributed by atoms with Gasteiger partial charge in [-0.05, 0) is 44.5 Å². The Morgan fingerprint density at radius 3 is 2.19 bits per heavy atom. The zero-order valence-corrected chi connectivity index (χ0v) is 13.1. The van der Waals surface area contributed by atoms with E-state index in [1.165, 1.54) is 11.0 Å². The summed E-state index contributed by atoms with van der Waals surface area (Å²) in [6, 6.07) is 7.13. The number of likely N-dealkylation sites (N-methyl/N-ethyl adjacent to an activating group) is 1. The third-order valence-corrected chi connectivity index (χ3v) is 2.42. The second-order valence-corrected chi connectivity index (χ2v) is 5.81. The van der Waals surface area contributed by atoms with Gasteiger partial charge in [-0.3, -0.25) is 10.1 Å². The van der Waals surface area contributed by atoms with Gasteiger partial charge in [-0.25, -0.2) is 4.79 Å². The summed E-state index contributed by atoms with van der Waals surface area (Å²) in [6.07, 6.45) is 2.73. The quantitative estimate of drug-likeness (QED) is 0.870. The van der Waals surface area contributed by atoms with Crippen LogP contribution in [0.5, 0.6) is 0 Å². The molecule has 0 unspecified atom stereocenters. The van der Waals surface area contributed by atoms with Gasteiger partial charge < -0.3 is 9.64 Å². The third kappa shape index (κ3) is 6.61. The normalized spacial score (nSPS) is 11.3. The summed E-state index contributed by atoms with van der Waals surface area (Å²) < 4.78 is 5.16. The standard InChI is InChI=1S/C16H22N2O3/c1-16(2,3)21-15(20)17-13-9-6-12(7-10-13)8-11-14(19)18(4)5/h6-11H,1-5H3,(H,17,20)/b11-8+. The number of nitrogens with zero attached hydrogens (tertiary/aromatic N) is 1. The monoisotopic (exact) mass is 290 g/mol. The first kappa shape index (κ1) is 16.8. The van der Waals surface area contributed by atoms with Gasteiger partial charge in [0.05, 0.1) is 0 Å². The zero-order chi connectivity index (χ0) is 16.0. The van der Waals surface area contributed by atoms with Gasteiger partial charge in [0.2, 0.25) is 5.91 Å². The molecule has 1 N–H and O–H groups in total. The average Bonchev–Trinajstić information content (AvgIpc) is 2.35. The first-order valence-electron chi connectivity index (χ1n) is 6.67. The second kappa shape index (κ2) is 6.92. The van der Waals surface area contributed by atoms with E-state index in [1.54, 1.807) is 32.3 Å². The number of benzene rings is 1. The minimum Gasteiger partial charge on any atom is -0.444 e. The molecule has 1 rings (SSSR count). The lowest BCUT2D eigenvalue weighted by molar-refractivity contribution is -0.123. The second-order valence-electron chi connectivity index (χ2n) is 5.81. The van der Waals surface area contributed by atoms with Crippen molar-refractivity contribution in [1.82, 2.24) is 4.90 Å². The SMILES string of the molecule is CN(C)C(=O)/C=C/c1ccc(NC(=O)OC(C)(C)C)cc1. The predicted octanol–water partition coefficient (Wildman–Crippen LogP) is 3.14. The molecule has 0 aliphatic heterocycles. The molecule has 2 amide bonds. The summed E-state index contributed by atoms with van der Waals surface area (Å²) in [7, 11) is 3.39. The number of hydrogen-bond donors (Lipinski definition) is 1. The molecule has 0 atom stereocenters. The topological polar surface area (TPSA) is 58.6 Å². The van der Waals surface area contributed by atoms with Crippen molar-refractivity contribution in [3.8, 4) is 0 Å². The Kier molecular flexibility index (Phi) is 5.52. The first-order valence-corrected chi connectivity index (χ1v) is 6.67. The highest BCUT2D eigenvalue weighted by Crippen LogP contribution is 2.13. The molecule has 0 bridgehead atoms. The van der Waals surface area contributed by atoms with E-state index in [1.807, 2.05) is 32.9 Å². The van der Waals surface area contributed by atoms with Gasteiger partial charge >= 0.3 is 6.09 Å². The minimum absolute atomic E-state index is 0.0778.